The van der Waals surface area contributed by atoms with Crippen LogP contribution in [0.2, 0.25) is 0 Å². The summed E-state index contributed by atoms with van der Waals surface area (Å²) in [7, 11) is 0. The molecule has 1 atom stereocenters. The smallest absolute Gasteiger partial charge is 0.0370 e. The molecule has 1 N–H and O–H groups in total. The monoisotopic (exact) mass is 281 g/mol. The molecule has 0 amide bonds. The van der Waals surface area contributed by atoms with Crippen molar-refractivity contribution < 1.29 is 0 Å². The number of likely N-dealkylation sites (N-methyl/N-ethyl adjacent to an activating group) is 1. The summed E-state index contributed by atoms with van der Waals surface area (Å²) in [6.45, 7) is 3.35. The van der Waals surface area contributed by atoms with Crippen molar-refractivity contribution in [3.8, 4) is 0 Å². The predicted molar refractivity (Wildman–Crippen MR) is 88.0 cm³/mol. The molecule has 0 aliphatic heterocycles. The van der Waals surface area contributed by atoms with Crippen LogP contribution in [0.4, 0.5) is 0 Å². The first kappa shape index (κ1) is 15.4. The Morgan fingerprint density at radius 3 is 2.74 bits per heavy atom. The summed E-state index contributed by atoms with van der Waals surface area (Å²) in [6, 6.07) is 0.647. The van der Waals surface area contributed by atoms with E-state index in [0.29, 0.717) is 6.04 Å². The molecule has 1 nitrogen and oxygen atoms in total. The van der Waals surface area contributed by atoms with E-state index in [2.05, 4.69) is 30.1 Å². The second-order valence-electron chi connectivity index (χ2n) is 6.08. The van der Waals surface area contributed by atoms with Gasteiger partial charge in [-0.15, -0.1) is 0 Å². The van der Waals surface area contributed by atoms with Gasteiger partial charge in [0, 0.05) is 17.0 Å². The lowest BCUT2D eigenvalue weighted by Gasteiger charge is -2.24. The Morgan fingerprint density at radius 1 is 1.16 bits per heavy atom. The van der Waals surface area contributed by atoms with E-state index < -0.39 is 0 Å². The van der Waals surface area contributed by atoms with Crippen molar-refractivity contribution in [1.82, 2.24) is 5.32 Å². The van der Waals surface area contributed by atoms with Gasteiger partial charge >= 0.3 is 0 Å². The number of thioether (sulfide) groups is 1. The largest absolute Gasteiger partial charge is 0.310 e. The van der Waals surface area contributed by atoms with Crippen LogP contribution in [0, 0.1) is 0 Å². The van der Waals surface area contributed by atoms with Crippen LogP contribution in [-0.2, 0) is 0 Å². The first-order valence-electron chi connectivity index (χ1n) is 8.44. The molecule has 1 fully saturated rings. The molecule has 0 bridgehead atoms. The molecule has 110 valence electrons. The zero-order chi connectivity index (χ0) is 13.3. The molecule has 0 aromatic rings. The van der Waals surface area contributed by atoms with Crippen LogP contribution < -0.4 is 5.32 Å². The summed E-state index contributed by atoms with van der Waals surface area (Å²) in [5.74, 6) is 1.30. The maximum absolute atomic E-state index is 3.74. The van der Waals surface area contributed by atoms with Gasteiger partial charge in [-0.3, -0.25) is 0 Å². The molecular formula is C17H31NS. The quantitative estimate of drug-likeness (QED) is 0.693. The molecule has 1 saturated carbocycles. The van der Waals surface area contributed by atoms with E-state index in [4.69, 9.17) is 0 Å². The molecule has 0 heterocycles. The summed E-state index contributed by atoms with van der Waals surface area (Å²) < 4.78 is 0. The average Bonchev–Trinajstić information content (AvgIpc) is 2.88. The molecule has 19 heavy (non-hydrogen) atoms. The molecule has 0 radical (unpaired) electrons. The van der Waals surface area contributed by atoms with Crippen molar-refractivity contribution in [1.29, 1.82) is 0 Å². The minimum absolute atomic E-state index is 0.647. The summed E-state index contributed by atoms with van der Waals surface area (Å²) in [6.07, 6.45) is 16.7. The van der Waals surface area contributed by atoms with E-state index >= 15 is 0 Å². The number of nitrogens with one attached hydrogen (secondary N) is 1. The molecule has 1 unspecified atom stereocenters. The minimum Gasteiger partial charge on any atom is -0.310 e. The third kappa shape index (κ3) is 5.51. The Bertz CT molecular complexity index is 268. The van der Waals surface area contributed by atoms with Crippen molar-refractivity contribution in [2.75, 3.05) is 12.3 Å². The second kappa shape index (κ2) is 9.07. The Balaban J connectivity index is 1.85. The lowest BCUT2D eigenvalue weighted by molar-refractivity contribution is 0.565. The van der Waals surface area contributed by atoms with Crippen LogP contribution >= 0.6 is 11.8 Å². The van der Waals surface area contributed by atoms with Gasteiger partial charge in [0.1, 0.15) is 0 Å². The van der Waals surface area contributed by atoms with E-state index in [1.807, 2.05) is 0 Å². The SMILES string of the molecule is CCNC(CSC1CCCC1)C1=CCCCCCC1. The molecule has 2 aliphatic carbocycles. The summed E-state index contributed by atoms with van der Waals surface area (Å²) in [5, 5.41) is 4.69. The van der Waals surface area contributed by atoms with E-state index in [9.17, 15) is 0 Å². The number of rotatable bonds is 6. The van der Waals surface area contributed by atoms with Gasteiger partial charge in [-0.25, -0.2) is 0 Å². The van der Waals surface area contributed by atoms with Crippen molar-refractivity contribution >= 4 is 11.8 Å². The number of allylic oxidation sites excluding steroid dienone is 1. The third-order valence-corrected chi connectivity index (χ3v) is 5.99. The van der Waals surface area contributed by atoms with E-state index in [0.717, 1.165) is 11.8 Å². The fourth-order valence-electron chi connectivity index (χ4n) is 3.36. The fourth-order valence-corrected chi connectivity index (χ4v) is 4.83. The topological polar surface area (TPSA) is 12.0 Å². The lowest BCUT2D eigenvalue weighted by Crippen LogP contribution is -2.34. The first-order chi connectivity index (χ1) is 9.40. The Hall–Kier alpha value is 0.0500. The van der Waals surface area contributed by atoms with Crippen LogP contribution in [0.1, 0.15) is 71.1 Å². The highest BCUT2D eigenvalue weighted by Crippen LogP contribution is 2.31. The van der Waals surface area contributed by atoms with Gasteiger partial charge in [0.05, 0.1) is 0 Å². The van der Waals surface area contributed by atoms with Crippen molar-refractivity contribution in [2.45, 2.75) is 82.4 Å². The van der Waals surface area contributed by atoms with Gasteiger partial charge in [-0.1, -0.05) is 44.3 Å². The molecule has 2 rings (SSSR count). The number of hydrogen-bond donors (Lipinski definition) is 1. The lowest BCUT2D eigenvalue weighted by atomic mass is 9.95. The van der Waals surface area contributed by atoms with Crippen molar-refractivity contribution in [3.05, 3.63) is 11.6 Å². The molecular weight excluding hydrogens is 250 g/mol. The zero-order valence-electron chi connectivity index (χ0n) is 12.6. The van der Waals surface area contributed by atoms with Crippen LogP contribution in [0.25, 0.3) is 0 Å². The molecule has 0 aromatic heterocycles. The van der Waals surface area contributed by atoms with Crippen LogP contribution in [-0.4, -0.2) is 23.6 Å². The van der Waals surface area contributed by atoms with Crippen LogP contribution in [0.15, 0.2) is 11.6 Å². The van der Waals surface area contributed by atoms with Gasteiger partial charge in [0.25, 0.3) is 0 Å². The zero-order valence-corrected chi connectivity index (χ0v) is 13.4. The van der Waals surface area contributed by atoms with E-state index in [-0.39, 0.29) is 0 Å². The molecule has 2 heteroatoms. The highest BCUT2D eigenvalue weighted by Gasteiger charge is 2.19. The van der Waals surface area contributed by atoms with Gasteiger partial charge in [-0.2, -0.15) is 11.8 Å². The summed E-state index contributed by atoms with van der Waals surface area (Å²) >= 11 is 2.23. The van der Waals surface area contributed by atoms with Gasteiger partial charge in [0.2, 0.25) is 0 Å². The third-order valence-electron chi connectivity index (χ3n) is 4.53. The van der Waals surface area contributed by atoms with Gasteiger partial charge in [-0.05, 0) is 45.1 Å². The van der Waals surface area contributed by atoms with E-state index in [1.54, 1.807) is 5.57 Å². The second-order valence-corrected chi connectivity index (χ2v) is 7.42. The van der Waals surface area contributed by atoms with Crippen LogP contribution in [0.5, 0.6) is 0 Å². The Labute approximate surface area is 124 Å². The average molecular weight is 282 g/mol. The van der Waals surface area contributed by atoms with Gasteiger partial charge < -0.3 is 5.32 Å². The van der Waals surface area contributed by atoms with E-state index in [1.165, 1.54) is 70.0 Å². The minimum atomic E-state index is 0.647. The summed E-state index contributed by atoms with van der Waals surface area (Å²) in [5.41, 5.74) is 1.71. The number of hydrogen-bond acceptors (Lipinski definition) is 2. The Kier molecular flexibility index (Phi) is 7.37. The normalized spacial score (nSPS) is 23.7. The van der Waals surface area contributed by atoms with Crippen molar-refractivity contribution in [3.63, 3.8) is 0 Å². The molecule has 0 saturated heterocycles. The van der Waals surface area contributed by atoms with Crippen LogP contribution in [0.3, 0.4) is 0 Å². The summed E-state index contributed by atoms with van der Waals surface area (Å²) in [4.78, 5) is 0. The predicted octanol–water partition coefficient (Wildman–Crippen LogP) is 4.92. The highest BCUT2D eigenvalue weighted by molar-refractivity contribution is 7.99. The molecule has 0 spiro atoms. The maximum atomic E-state index is 3.74. The maximum Gasteiger partial charge on any atom is 0.0370 e. The Morgan fingerprint density at radius 2 is 1.95 bits per heavy atom. The first-order valence-corrected chi connectivity index (χ1v) is 9.49. The van der Waals surface area contributed by atoms with Crippen molar-refractivity contribution in [2.24, 2.45) is 0 Å². The fraction of sp³-hybridized carbons (Fsp3) is 0.882. The molecule has 2 aliphatic rings. The van der Waals surface area contributed by atoms with Gasteiger partial charge in [0.15, 0.2) is 0 Å². The molecule has 0 aromatic carbocycles. The highest BCUT2D eigenvalue weighted by atomic mass is 32.2. The standard InChI is InChI=1S/C17H31NS/c1-2-18-17(14-19-16-12-8-9-13-16)15-10-6-4-3-5-7-11-15/h10,16-18H,2-9,11-14H2,1H3.